The van der Waals surface area contributed by atoms with Crippen LogP contribution in [0.4, 0.5) is 5.13 Å². The van der Waals surface area contributed by atoms with Crippen LogP contribution in [0.15, 0.2) is 78.0 Å². The van der Waals surface area contributed by atoms with Crippen molar-refractivity contribution in [3.8, 4) is 11.4 Å². The second-order valence-corrected chi connectivity index (χ2v) is 10.9. The predicted molar refractivity (Wildman–Crippen MR) is 154 cm³/mol. The molecule has 0 aliphatic rings. The predicted octanol–water partition coefficient (Wildman–Crippen LogP) is 5.61. The van der Waals surface area contributed by atoms with Crippen LogP contribution in [0.2, 0.25) is 10.0 Å². The summed E-state index contributed by atoms with van der Waals surface area (Å²) in [4.78, 5) is 29.5. The first-order valence-corrected chi connectivity index (χ1v) is 14.1. The molecule has 0 atom stereocenters. The van der Waals surface area contributed by atoms with Gasteiger partial charge >= 0.3 is 0 Å². The van der Waals surface area contributed by atoms with E-state index in [1.54, 1.807) is 16.7 Å². The molecule has 0 spiro atoms. The summed E-state index contributed by atoms with van der Waals surface area (Å²) < 4.78 is 8.29. The number of thiazole rings is 1. The van der Waals surface area contributed by atoms with Gasteiger partial charge in [-0.1, -0.05) is 76.6 Å². The SMILES string of the molecule is O=C(COc1ccc(Cl)cc1Cl)NCc1nnc(SCC(=O)Nc2nc3ccccc3s2)n1-c1ccccc1. The van der Waals surface area contributed by atoms with Gasteiger partial charge in [0.15, 0.2) is 22.7 Å². The summed E-state index contributed by atoms with van der Waals surface area (Å²) in [6.07, 6.45) is 0. The molecule has 2 amide bonds. The number of benzene rings is 3. The van der Waals surface area contributed by atoms with Crippen molar-refractivity contribution in [2.75, 3.05) is 17.7 Å². The van der Waals surface area contributed by atoms with E-state index in [1.165, 1.54) is 29.2 Å². The van der Waals surface area contributed by atoms with Crippen LogP contribution >= 0.6 is 46.3 Å². The molecule has 0 saturated heterocycles. The standard InChI is InChI=1S/C26H20Cl2N6O3S2/c27-16-10-11-20(18(28)12-16)37-14-23(35)29-13-22-32-33-26(34(22)17-6-2-1-3-7-17)38-15-24(36)31-25-30-19-8-4-5-9-21(19)39-25/h1-12H,13-15H2,(H,29,35)(H,30,31,36). The van der Waals surface area contributed by atoms with Gasteiger partial charge in [-0.3, -0.25) is 14.2 Å². The summed E-state index contributed by atoms with van der Waals surface area (Å²) in [6, 6.07) is 21.9. The number of amides is 2. The van der Waals surface area contributed by atoms with Crippen molar-refractivity contribution in [2.24, 2.45) is 0 Å². The van der Waals surface area contributed by atoms with Crippen molar-refractivity contribution >= 4 is 73.5 Å². The van der Waals surface area contributed by atoms with Gasteiger partial charge in [-0.25, -0.2) is 4.98 Å². The highest BCUT2D eigenvalue weighted by atomic mass is 35.5. The largest absolute Gasteiger partial charge is 0.482 e. The average Bonchev–Trinajstić information content (AvgIpc) is 3.54. The summed E-state index contributed by atoms with van der Waals surface area (Å²) in [5.41, 5.74) is 1.63. The fraction of sp³-hybridized carbons (Fsp3) is 0.115. The molecule has 39 heavy (non-hydrogen) atoms. The number of hydrogen-bond donors (Lipinski definition) is 2. The second-order valence-electron chi connectivity index (χ2n) is 8.03. The first-order chi connectivity index (χ1) is 19.0. The first kappa shape index (κ1) is 26.9. The van der Waals surface area contributed by atoms with Crippen LogP contribution < -0.4 is 15.4 Å². The second kappa shape index (κ2) is 12.5. The molecule has 3 aromatic carbocycles. The molecule has 13 heteroatoms. The van der Waals surface area contributed by atoms with Crippen LogP contribution in [-0.4, -0.2) is 43.9 Å². The number of carbonyl (C=O) groups is 2. The van der Waals surface area contributed by atoms with Crippen molar-refractivity contribution in [2.45, 2.75) is 11.7 Å². The molecule has 0 radical (unpaired) electrons. The molecule has 2 aromatic heterocycles. The number of rotatable bonds is 10. The fourth-order valence-corrected chi connectivity index (χ4v) is 5.64. The average molecular weight is 600 g/mol. The number of para-hydroxylation sites is 2. The van der Waals surface area contributed by atoms with Gasteiger partial charge in [-0.15, -0.1) is 10.2 Å². The zero-order valence-electron chi connectivity index (χ0n) is 20.1. The van der Waals surface area contributed by atoms with Gasteiger partial charge in [-0.2, -0.15) is 0 Å². The lowest BCUT2D eigenvalue weighted by Crippen LogP contribution is -2.29. The lowest BCUT2D eigenvalue weighted by atomic mass is 10.3. The van der Waals surface area contributed by atoms with Gasteiger partial charge in [0.25, 0.3) is 5.91 Å². The molecule has 198 valence electrons. The van der Waals surface area contributed by atoms with E-state index < -0.39 is 0 Å². The van der Waals surface area contributed by atoms with Gasteiger partial charge in [0, 0.05) is 10.7 Å². The zero-order valence-corrected chi connectivity index (χ0v) is 23.3. The lowest BCUT2D eigenvalue weighted by molar-refractivity contribution is -0.123. The van der Waals surface area contributed by atoms with Crippen LogP contribution in [0, 0.1) is 0 Å². The Morgan fingerprint density at radius 2 is 1.77 bits per heavy atom. The highest BCUT2D eigenvalue weighted by Gasteiger charge is 2.17. The third-order valence-corrected chi connectivity index (χ3v) is 7.69. The molecule has 5 aromatic rings. The minimum atomic E-state index is -0.368. The summed E-state index contributed by atoms with van der Waals surface area (Å²) in [6.45, 7) is -0.148. The Hall–Kier alpha value is -3.64. The highest BCUT2D eigenvalue weighted by molar-refractivity contribution is 7.99. The fourth-order valence-electron chi connectivity index (χ4n) is 3.52. The Morgan fingerprint density at radius 3 is 2.56 bits per heavy atom. The van der Waals surface area contributed by atoms with E-state index in [0.717, 1.165) is 15.9 Å². The third kappa shape index (κ3) is 6.87. The van der Waals surface area contributed by atoms with E-state index in [-0.39, 0.29) is 30.7 Å². The van der Waals surface area contributed by atoms with Crippen molar-refractivity contribution < 1.29 is 14.3 Å². The molecule has 0 aliphatic heterocycles. The number of carbonyl (C=O) groups excluding carboxylic acids is 2. The monoisotopic (exact) mass is 598 g/mol. The number of aromatic nitrogens is 4. The molecule has 0 unspecified atom stereocenters. The van der Waals surface area contributed by atoms with E-state index in [9.17, 15) is 9.59 Å². The number of ether oxygens (including phenoxy) is 1. The van der Waals surface area contributed by atoms with E-state index in [4.69, 9.17) is 27.9 Å². The molecule has 0 saturated carbocycles. The van der Waals surface area contributed by atoms with Crippen molar-refractivity contribution in [1.82, 2.24) is 25.1 Å². The minimum Gasteiger partial charge on any atom is -0.482 e. The molecule has 0 fully saturated rings. The number of anilines is 1. The van der Waals surface area contributed by atoms with Crippen molar-refractivity contribution in [3.05, 3.63) is 88.7 Å². The maximum absolute atomic E-state index is 12.7. The smallest absolute Gasteiger partial charge is 0.258 e. The first-order valence-electron chi connectivity index (χ1n) is 11.6. The Kier molecular flexibility index (Phi) is 8.62. The number of halogens is 2. The van der Waals surface area contributed by atoms with Crippen LogP contribution in [0.3, 0.4) is 0 Å². The molecule has 2 heterocycles. The number of nitrogens with one attached hydrogen (secondary N) is 2. The van der Waals surface area contributed by atoms with Gasteiger partial charge in [0.05, 0.1) is 27.5 Å². The number of hydrogen-bond acceptors (Lipinski definition) is 8. The summed E-state index contributed by atoms with van der Waals surface area (Å²) in [7, 11) is 0. The quantitative estimate of drug-likeness (QED) is 0.201. The topological polar surface area (TPSA) is 111 Å². The van der Waals surface area contributed by atoms with E-state index in [2.05, 4.69) is 25.8 Å². The normalized spacial score (nSPS) is 10.9. The van der Waals surface area contributed by atoms with Crippen molar-refractivity contribution in [1.29, 1.82) is 0 Å². The number of fused-ring (bicyclic) bond motifs is 1. The highest BCUT2D eigenvalue weighted by Crippen LogP contribution is 2.28. The van der Waals surface area contributed by atoms with Gasteiger partial charge < -0.3 is 15.4 Å². The Labute approximate surface area is 241 Å². The molecular weight excluding hydrogens is 579 g/mol. The van der Waals surface area contributed by atoms with E-state index in [0.29, 0.717) is 31.9 Å². The molecule has 0 aliphatic carbocycles. The van der Waals surface area contributed by atoms with Gasteiger partial charge in [0.1, 0.15) is 5.75 Å². The number of nitrogens with zero attached hydrogens (tertiary/aromatic N) is 4. The van der Waals surface area contributed by atoms with Crippen LogP contribution in [0.25, 0.3) is 15.9 Å². The molecule has 0 bridgehead atoms. The Morgan fingerprint density at radius 1 is 0.974 bits per heavy atom. The summed E-state index contributed by atoms with van der Waals surface area (Å²) >= 11 is 14.6. The molecule has 5 rings (SSSR count). The Balaban J connectivity index is 1.22. The third-order valence-electron chi connectivity index (χ3n) is 5.28. The lowest BCUT2D eigenvalue weighted by Gasteiger charge is -2.11. The molecule has 2 N–H and O–H groups in total. The molecular formula is C26H20Cl2N6O3S2. The van der Waals surface area contributed by atoms with Crippen LogP contribution in [0.5, 0.6) is 5.75 Å². The zero-order chi connectivity index (χ0) is 27.2. The van der Waals surface area contributed by atoms with Crippen molar-refractivity contribution in [3.63, 3.8) is 0 Å². The van der Waals surface area contributed by atoms with Gasteiger partial charge in [-0.05, 0) is 42.5 Å². The molecule has 9 nitrogen and oxygen atoms in total. The van der Waals surface area contributed by atoms with Crippen LogP contribution in [0.1, 0.15) is 5.82 Å². The maximum Gasteiger partial charge on any atom is 0.258 e. The van der Waals surface area contributed by atoms with E-state index >= 15 is 0 Å². The summed E-state index contributed by atoms with van der Waals surface area (Å²) in [5, 5.41) is 16.0. The maximum atomic E-state index is 12.7. The minimum absolute atomic E-state index is 0.0941. The Bertz CT molecular complexity index is 1590. The van der Waals surface area contributed by atoms with Gasteiger partial charge in [0.2, 0.25) is 5.91 Å². The van der Waals surface area contributed by atoms with Crippen LogP contribution in [-0.2, 0) is 16.1 Å². The van der Waals surface area contributed by atoms with E-state index in [1.807, 2.05) is 54.6 Å². The number of thioether (sulfide) groups is 1. The summed E-state index contributed by atoms with van der Waals surface area (Å²) in [5.74, 6) is 0.366.